The van der Waals surface area contributed by atoms with E-state index in [1.807, 2.05) is 60.8 Å². The summed E-state index contributed by atoms with van der Waals surface area (Å²) in [5.74, 6) is 1.22. The highest BCUT2D eigenvalue weighted by atomic mass is 35.5. The number of nitrogens with zero attached hydrogens (tertiary/aromatic N) is 1. The summed E-state index contributed by atoms with van der Waals surface area (Å²) in [6.07, 6.45) is 1.85. The third kappa shape index (κ3) is 5.48. The Labute approximate surface area is 215 Å². The van der Waals surface area contributed by atoms with Gasteiger partial charge in [0.2, 0.25) is 0 Å². The third-order valence-corrected chi connectivity index (χ3v) is 6.81. The maximum Gasteiger partial charge on any atom is 0.287 e. The average molecular weight is 510 g/mol. The van der Waals surface area contributed by atoms with Crippen LogP contribution in [0.15, 0.2) is 66.9 Å². The van der Waals surface area contributed by atoms with Crippen LogP contribution in [0, 0.1) is 13.8 Å². The molecule has 0 bridgehead atoms. The van der Waals surface area contributed by atoms with Crippen molar-refractivity contribution in [2.45, 2.75) is 19.9 Å². The van der Waals surface area contributed by atoms with E-state index >= 15 is 0 Å². The summed E-state index contributed by atoms with van der Waals surface area (Å²) >= 11 is 1.43. The van der Waals surface area contributed by atoms with E-state index < -0.39 is 6.04 Å². The fourth-order valence-electron chi connectivity index (χ4n) is 3.85. The number of hydrogen-bond donors (Lipinski definition) is 2. The van der Waals surface area contributed by atoms with E-state index in [9.17, 15) is 4.79 Å². The Balaban J connectivity index is 0.00000342. The zero-order chi connectivity index (χ0) is 24.2. The predicted octanol–water partition coefficient (Wildman–Crippen LogP) is 2.04. The number of anilines is 1. The lowest BCUT2D eigenvalue weighted by molar-refractivity contribution is -0.408. The van der Waals surface area contributed by atoms with Crippen LogP contribution in [0.25, 0.3) is 21.6 Å². The first-order valence-electron chi connectivity index (χ1n) is 10.9. The summed E-state index contributed by atoms with van der Waals surface area (Å²) in [5, 5.41) is 2.99. The van der Waals surface area contributed by atoms with Crippen molar-refractivity contribution in [1.82, 2.24) is 4.37 Å². The highest BCUT2D eigenvalue weighted by Gasteiger charge is 2.22. The number of nitrogens with one attached hydrogen (secondary N) is 1. The van der Waals surface area contributed by atoms with Crippen molar-refractivity contribution in [3.8, 4) is 33.1 Å². The van der Waals surface area contributed by atoms with Gasteiger partial charge < -0.3 is 32.9 Å². The van der Waals surface area contributed by atoms with Gasteiger partial charge in [0.05, 0.1) is 24.8 Å². The molecule has 182 valence electrons. The van der Waals surface area contributed by atoms with Crippen LogP contribution in [0.5, 0.6) is 11.5 Å². The van der Waals surface area contributed by atoms with Crippen molar-refractivity contribution in [1.29, 1.82) is 0 Å². The quantitative estimate of drug-likeness (QED) is 0.399. The van der Waals surface area contributed by atoms with Crippen LogP contribution in [-0.2, 0) is 4.79 Å². The first kappa shape index (κ1) is 26.2. The molecule has 0 aliphatic carbocycles. The van der Waals surface area contributed by atoms with Crippen molar-refractivity contribution >= 4 is 23.1 Å². The smallest absolute Gasteiger partial charge is 0.287 e. The maximum absolute atomic E-state index is 13.0. The second-order valence-corrected chi connectivity index (χ2v) is 8.86. The molecule has 0 aliphatic rings. The molecule has 1 amide bonds. The summed E-state index contributed by atoms with van der Waals surface area (Å²) in [6.45, 7) is 4.13. The van der Waals surface area contributed by atoms with E-state index in [0.29, 0.717) is 11.4 Å². The maximum atomic E-state index is 13.0. The molecule has 0 saturated heterocycles. The normalized spacial score (nSPS) is 11.3. The summed E-state index contributed by atoms with van der Waals surface area (Å²) < 4.78 is 15.5. The number of aryl methyl sites for hydroxylation is 1. The monoisotopic (exact) mass is 509 g/mol. The number of aromatic nitrogens is 1. The molecular weight excluding hydrogens is 482 g/mol. The Morgan fingerprint density at radius 3 is 2.37 bits per heavy atom. The molecule has 6 nitrogen and oxygen atoms in total. The molecule has 4 rings (SSSR count). The molecule has 35 heavy (non-hydrogen) atoms. The molecule has 0 saturated carbocycles. The highest BCUT2D eigenvalue weighted by molar-refractivity contribution is 7.10. The van der Waals surface area contributed by atoms with E-state index in [1.54, 1.807) is 14.2 Å². The van der Waals surface area contributed by atoms with Crippen LogP contribution in [0.3, 0.4) is 0 Å². The number of quaternary nitrogens is 1. The lowest BCUT2D eigenvalue weighted by Gasteiger charge is -2.15. The largest absolute Gasteiger partial charge is 1.00 e. The van der Waals surface area contributed by atoms with Gasteiger partial charge in [-0.25, -0.2) is 0 Å². The number of carbonyl (C=O) groups excluding carboxylic acids is 1. The minimum Gasteiger partial charge on any atom is -1.00 e. The molecule has 8 heteroatoms. The molecule has 3 aromatic carbocycles. The molecule has 0 radical (unpaired) electrons. The fourth-order valence-corrected chi connectivity index (χ4v) is 4.61. The third-order valence-electron chi connectivity index (χ3n) is 5.96. The van der Waals surface area contributed by atoms with E-state index in [2.05, 4.69) is 35.3 Å². The van der Waals surface area contributed by atoms with Gasteiger partial charge in [0.1, 0.15) is 11.5 Å². The zero-order valence-corrected chi connectivity index (χ0v) is 21.7. The predicted molar refractivity (Wildman–Crippen MR) is 136 cm³/mol. The van der Waals surface area contributed by atoms with Gasteiger partial charge >= 0.3 is 0 Å². The molecule has 4 N–H and O–H groups in total. The number of amides is 1. The number of ether oxygens (including phenoxy) is 2. The van der Waals surface area contributed by atoms with E-state index in [1.165, 1.54) is 11.5 Å². The Kier molecular flexibility index (Phi) is 8.51. The van der Waals surface area contributed by atoms with Gasteiger partial charge in [-0.3, -0.25) is 4.79 Å². The van der Waals surface area contributed by atoms with E-state index in [4.69, 9.17) is 9.47 Å². The Hall–Kier alpha value is -3.39. The first-order valence-corrected chi connectivity index (χ1v) is 11.7. The van der Waals surface area contributed by atoms with Crippen molar-refractivity contribution in [2.75, 3.05) is 19.5 Å². The molecule has 1 atom stereocenters. The topological polar surface area (TPSA) is 88.1 Å². The molecular formula is C27H28ClN3O3S. The van der Waals surface area contributed by atoms with E-state index in [0.717, 1.165) is 44.0 Å². The lowest BCUT2D eigenvalue weighted by atomic mass is 9.99. The standard InChI is InChI=1S/C27H27N3O3S.ClH/c1-16-12-20(14-24(33-4)17(16)2)26-21(15-29-34-26)19-10-11-23(32-3)22(13-19)30-27(31)25(28)18-8-6-5-7-9-18;/h5-15,25H,28H2,1-4H3,(H,30,31);1H/t25-;/m0./s1. The fraction of sp³-hybridized carbons (Fsp3) is 0.185. The van der Waals surface area contributed by atoms with Crippen LogP contribution in [0.4, 0.5) is 5.69 Å². The van der Waals surface area contributed by atoms with Crippen LogP contribution in [0.2, 0.25) is 0 Å². The van der Waals surface area contributed by atoms with Crippen molar-refractivity contribution in [2.24, 2.45) is 0 Å². The van der Waals surface area contributed by atoms with Crippen LogP contribution in [-0.4, -0.2) is 24.5 Å². The molecule has 4 aromatic rings. The number of hydrogen-bond acceptors (Lipinski definition) is 5. The van der Waals surface area contributed by atoms with Gasteiger partial charge in [-0.1, -0.05) is 42.5 Å². The van der Waals surface area contributed by atoms with Gasteiger partial charge in [0, 0.05) is 17.3 Å². The Bertz CT molecular complexity index is 1320. The minimum atomic E-state index is -0.545. The van der Waals surface area contributed by atoms with Gasteiger partial charge in [-0.2, -0.15) is 4.37 Å². The Morgan fingerprint density at radius 2 is 1.69 bits per heavy atom. The summed E-state index contributed by atoms with van der Waals surface area (Å²) in [4.78, 5) is 14.0. The van der Waals surface area contributed by atoms with Crippen LogP contribution in [0.1, 0.15) is 22.7 Å². The average Bonchev–Trinajstić information content (AvgIpc) is 3.35. The van der Waals surface area contributed by atoms with Crippen molar-refractivity contribution in [3.63, 3.8) is 0 Å². The molecule has 0 unspecified atom stereocenters. The summed E-state index contributed by atoms with van der Waals surface area (Å²) in [6, 6.07) is 18.9. The Morgan fingerprint density at radius 1 is 0.971 bits per heavy atom. The molecule has 1 aromatic heterocycles. The number of halogens is 1. The molecule has 0 aliphatic heterocycles. The van der Waals surface area contributed by atoms with Gasteiger partial charge in [-0.15, -0.1) is 0 Å². The van der Waals surface area contributed by atoms with Crippen LogP contribution < -0.4 is 32.9 Å². The number of carbonyl (C=O) groups is 1. The summed E-state index contributed by atoms with van der Waals surface area (Å²) in [7, 11) is 3.27. The SMILES string of the molecule is COc1ccc(-c2cnsc2-c2cc(C)c(C)c(OC)c2)cc1NC(=O)[C@@H]([NH3+])c1ccccc1.[Cl-]. The van der Waals surface area contributed by atoms with Crippen molar-refractivity contribution < 1.29 is 32.4 Å². The molecule has 0 spiro atoms. The second kappa shape index (κ2) is 11.4. The van der Waals surface area contributed by atoms with Crippen LogP contribution >= 0.6 is 11.5 Å². The lowest BCUT2D eigenvalue weighted by Crippen LogP contribution is -3.00. The van der Waals surface area contributed by atoms with Gasteiger partial charge in [-0.05, 0) is 65.8 Å². The van der Waals surface area contributed by atoms with E-state index in [-0.39, 0.29) is 18.3 Å². The highest BCUT2D eigenvalue weighted by Crippen LogP contribution is 2.40. The number of methoxy groups -OCH3 is 2. The second-order valence-electron chi connectivity index (χ2n) is 8.06. The number of rotatable bonds is 7. The van der Waals surface area contributed by atoms with Gasteiger partial charge in [0.15, 0.2) is 6.04 Å². The minimum absolute atomic E-state index is 0. The van der Waals surface area contributed by atoms with Crippen molar-refractivity contribution in [3.05, 3.63) is 83.6 Å². The molecule has 1 heterocycles. The summed E-state index contributed by atoms with van der Waals surface area (Å²) in [5.41, 5.74) is 10.7. The molecule has 0 fully saturated rings. The zero-order valence-electron chi connectivity index (χ0n) is 20.1. The number of benzene rings is 3. The first-order chi connectivity index (χ1) is 16.4. The van der Waals surface area contributed by atoms with Gasteiger partial charge in [0.25, 0.3) is 5.91 Å².